The molecule has 2 N–H and O–H groups in total. The number of nitrogens with zero attached hydrogens (tertiary/aromatic N) is 2. The molecule has 0 aliphatic rings. The minimum atomic E-state index is -0.0827. The zero-order valence-corrected chi connectivity index (χ0v) is 13.0. The first kappa shape index (κ1) is 15.2. The molecular formula is C16H22N4O. The van der Waals surface area contributed by atoms with Crippen LogP contribution in [0.3, 0.4) is 0 Å². The highest BCUT2D eigenvalue weighted by molar-refractivity contribution is 5.76. The van der Waals surface area contributed by atoms with E-state index in [1.165, 1.54) is 0 Å². The van der Waals surface area contributed by atoms with Crippen molar-refractivity contribution < 1.29 is 4.79 Å². The summed E-state index contributed by atoms with van der Waals surface area (Å²) in [6, 6.07) is 3.82. The number of rotatable bonds is 5. The van der Waals surface area contributed by atoms with Gasteiger partial charge in [-0.25, -0.2) is 0 Å². The van der Waals surface area contributed by atoms with E-state index in [0.717, 1.165) is 28.2 Å². The number of aromatic amines is 1. The van der Waals surface area contributed by atoms with Gasteiger partial charge in [-0.3, -0.25) is 14.9 Å². The van der Waals surface area contributed by atoms with Crippen LogP contribution in [0.4, 0.5) is 0 Å². The van der Waals surface area contributed by atoms with Crippen LogP contribution in [-0.4, -0.2) is 21.1 Å². The highest BCUT2D eigenvalue weighted by Gasteiger charge is 2.14. The minimum absolute atomic E-state index is 0.0209. The molecule has 5 nitrogen and oxygen atoms in total. The number of aryl methyl sites for hydroxylation is 3. The van der Waals surface area contributed by atoms with E-state index in [1.807, 2.05) is 39.8 Å². The zero-order chi connectivity index (χ0) is 15.4. The molecule has 0 fully saturated rings. The molecule has 1 atom stereocenters. The van der Waals surface area contributed by atoms with Gasteiger partial charge in [0, 0.05) is 24.7 Å². The molecular weight excluding hydrogens is 264 g/mol. The van der Waals surface area contributed by atoms with E-state index in [9.17, 15) is 4.79 Å². The van der Waals surface area contributed by atoms with Crippen LogP contribution >= 0.6 is 0 Å². The van der Waals surface area contributed by atoms with Crippen molar-refractivity contribution in [1.29, 1.82) is 0 Å². The van der Waals surface area contributed by atoms with Crippen molar-refractivity contribution in [3.8, 4) is 0 Å². The fourth-order valence-electron chi connectivity index (χ4n) is 2.34. The second-order valence-electron chi connectivity index (χ2n) is 5.42. The van der Waals surface area contributed by atoms with Crippen LogP contribution in [0.25, 0.3) is 0 Å². The third-order valence-electron chi connectivity index (χ3n) is 3.78. The van der Waals surface area contributed by atoms with Crippen molar-refractivity contribution in [3.63, 3.8) is 0 Å². The Bertz CT molecular complexity index is 633. The zero-order valence-electron chi connectivity index (χ0n) is 13.0. The van der Waals surface area contributed by atoms with Gasteiger partial charge in [0.1, 0.15) is 0 Å². The molecule has 0 spiro atoms. The second kappa shape index (κ2) is 6.52. The van der Waals surface area contributed by atoms with Crippen molar-refractivity contribution in [2.75, 3.05) is 0 Å². The number of carbonyl (C=O) groups is 1. The van der Waals surface area contributed by atoms with Crippen molar-refractivity contribution in [1.82, 2.24) is 20.5 Å². The Morgan fingerprint density at radius 1 is 1.38 bits per heavy atom. The van der Waals surface area contributed by atoms with E-state index < -0.39 is 0 Å². The summed E-state index contributed by atoms with van der Waals surface area (Å²) in [5, 5.41) is 10.2. The third kappa shape index (κ3) is 3.68. The molecule has 1 amide bonds. The van der Waals surface area contributed by atoms with Gasteiger partial charge in [0.15, 0.2) is 0 Å². The number of nitrogens with one attached hydrogen (secondary N) is 2. The smallest absolute Gasteiger partial charge is 0.220 e. The first-order chi connectivity index (χ1) is 9.99. The molecule has 0 bridgehead atoms. The van der Waals surface area contributed by atoms with Gasteiger partial charge >= 0.3 is 0 Å². The van der Waals surface area contributed by atoms with E-state index in [0.29, 0.717) is 12.8 Å². The largest absolute Gasteiger partial charge is 0.348 e. The number of amides is 1. The lowest BCUT2D eigenvalue weighted by Gasteiger charge is -2.15. The molecule has 21 heavy (non-hydrogen) atoms. The van der Waals surface area contributed by atoms with Gasteiger partial charge in [-0.15, -0.1) is 0 Å². The fraction of sp³-hybridized carbons (Fsp3) is 0.438. The molecule has 2 aromatic heterocycles. The van der Waals surface area contributed by atoms with E-state index in [-0.39, 0.29) is 11.9 Å². The Balaban J connectivity index is 1.90. The SMILES string of the molecule is Cc1cccnc1[C@@H](C)NC(=O)CCc1n[nH]c(C)c1C. The summed E-state index contributed by atoms with van der Waals surface area (Å²) in [4.78, 5) is 16.4. The van der Waals surface area contributed by atoms with Crippen LogP contribution in [0.5, 0.6) is 0 Å². The predicted molar refractivity (Wildman–Crippen MR) is 81.9 cm³/mol. The standard InChI is InChI=1S/C16H22N4O/c1-10-6-5-9-17-16(10)13(4)18-15(21)8-7-14-11(2)12(3)19-20-14/h5-6,9,13H,7-8H2,1-4H3,(H,18,21)(H,19,20)/t13-/m1/s1. The summed E-state index contributed by atoms with van der Waals surface area (Å²) in [5.74, 6) is 0.0209. The van der Waals surface area contributed by atoms with Gasteiger partial charge < -0.3 is 5.32 Å². The fourth-order valence-corrected chi connectivity index (χ4v) is 2.34. The highest BCUT2D eigenvalue weighted by atomic mass is 16.1. The maximum Gasteiger partial charge on any atom is 0.220 e. The average Bonchev–Trinajstić information content (AvgIpc) is 2.77. The lowest BCUT2D eigenvalue weighted by atomic mass is 10.1. The third-order valence-corrected chi connectivity index (χ3v) is 3.78. The molecule has 2 aromatic rings. The van der Waals surface area contributed by atoms with Gasteiger partial charge in [0.2, 0.25) is 5.91 Å². The van der Waals surface area contributed by atoms with Crippen molar-refractivity contribution >= 4 is 5.91 Å². The van der Waals surface area contributed by atoms with Gasteiger partial charge in [-0.2, -0.15) is 5.10 Å². The molecule has 0 saturated heterocycles. The number of aromatic nitrogens is 3. The minimum Gasteiger partial charge on any atom is -0.348 e. The Labute approximate surface area is 125 Å². The van der Waals surface area contributed by atoms with Crippen LogP contribution in [0.15, 0.2) is 18.3 Å². The molecule has 0 aliphatic heterocycles. The van der Waals surface area contributed by atoms with Gasteiger partial charge in [-0.1, -0.05) is 6.07 Å². The van der Waals surface area contributed by atoms with Gasteiger partial charge in [0.05, 0.1) is 17.4 Å². The van der Waals surface area contributed by atoms with Crippen molar-refractivity contribution in [2.45, 2.75) is 46.6 Å². The number of pyridine rings is 1. The predicted octanol–water partition coefficient (Wildman–Crippen LogP) is 2.54. The lowest BCUT2D eigenvalue weighted by Crippen LogP contribution is -2.28. The Morgan fingerprint density at radius 3 is 2.76 bits per heavy atom. The molecule has 0 saturated carbocycles. The van der Waals surface area contributed by atoms with Gasteiger partial charge in [-0.05, 0) is 44.9 Å². The summed E-state index contributed by atoms with van der Waals surface area (Å²) in [6.07, 6.45) is 2.83. The summed E-state index contributed by atoms with van der Waals surface area (Å²) in [5.41, 5.74) is 5.16. The Kier molecular flexibility index (Phi) is 4.73. The van der Waals surface area contributed by atoms with Crippen molar-refractivity contribution in [3.05, 3.63) is 46.5 Å². The summed E-state index contributed by atoms with van der Waals surface area (Å²) in [7, 11) is 0. The summed E-state index contributed by atoms with van der Waals surface area (Å²) >= 11 is 0. The van der Waals surface area contributed by atoms with Crippen LogP contribution in [-0.2, 0) is 11.2 Å². The van der Waals surface area contributed by atoms with E-state index in [2.05, 4.69) is 20.5 Å². The molecule has 0 radical (unpaired) electrons. The lowest BCUT2D eigenvalue weighted by molar-refractivity contribution is -0.121. The molecule has 0 aromatic carbocycles. The summed E-state index contributed by atoms with van der Waals surface area (Å²) in [6.45, 7) is 7.96. The van der Waals surface area contributed by atoms with E-state index in [1.54, 1.807) is 6.20 Å². The van der Waals surface area contributed by atoms with E-state index >= 15 is 0 Å². The van der Waals surface area contributed by atoms with Gasteiger partial charge in [0.25, 0.3) is 0 Å². The number of hydrogen-bond donors (Lipinski definition) is 2. The molecule has 2 rings (SSSR count). The Morgan fingerprint density at radius 2 is 2.14 bits per heavy atom. The first-order valence-corrected chi connectivity index (χ1v) is 7.20. The summed E-state index contributed by atoms with van der Waals surface area (Å²) < 4.78 is 0. The molecule has 0 aliphatic carbocycles. The number of carbonyl (C=O) groups excluding carboxylic acids is 1. The molecule has 5 heteroatoms. The maximum atomic E-state index is 12.1. The topological polar surface area (TPSA) is 70.7 Å². The second-order valence-corrected chi connectivity index (χ2v) is 5.42. The van der Waals surface area contributed by atoms with Crippen LogP contribution in [0.1, 0.15) is 47.6 Å². The quantitative estimate of drug-likeness (QED) is 0.887. The number of H-pyrrole nitrogens is 1. The van der Waals surface area contributed by atoms with Crippen molar-refractivity contribution in [2.24, 2.45) is 0 Å². The van der Waals surface area contributed by atoms with E-state index in [4.69, 9.17) is 0 Å². The normalized spacial score (nSPS) is 12.2. The first-order valence-electron chi connectivity index (χ1n) is 7.20. The van der Waals surface area contributed by atoms with Crippen LogP contribution in [0, 0.1) is 20.8 Å². The molecule has 0 unspecified atom stereocenters. The highest BCUT2D eigenvalue weighted by Crippen LogP contribution is 2.14. The average molecular weight is 286 g/mol. The molecule has 112 valence electrons. The van der Waals surface area contributed by atoms with Crippen LogP contribution < -0.4 is 5.32 Å². The van der Waals surface area contributed by atoms with Crippen LogP contribution in [0.2, 0.25) is 0 Å². The maximum absolute atomic E-state index is 12.1. The molecule has 2 heterocycles. The number of hydrogen-bond acceptors (Lipinski definition) is 3. The monoisotopic (exact) mass is 286 g/mol. The Hall–Kier alpha value is -2.17.